The molecule has 1 fully saturated rings. The quantitative estimate of drug-likeness (QED) is 0.582. The monoisotopic (exact) mass is 391 g/mol. The maximum Gasteiger partial charge on any atom is 0.254 e. The minimum atomic E-state index is -0.255. The summed E-state index contributed by atoms with van der Waals surface area (Å²) in [6.45, 7) is 4.35. The van der Waals surface area contributed by atoms with Gasteiger partial charge in [0.25, 0.3) is 5.91 Å². The Labute approximate surface area is 170 Å². The summed E-state index contributed by atoms with van der Waals surface area (Å²) in [5.41, 5.74) is 3.48. The lowest BCUT2D eigenvalue weighted by Gasteiger charge is -2.24. The number of hydrogen-bond acceptors (Lipinski definition) is 4. The summed E-state index contributed by atoms with van der Waals surface area (Å²) in [5, 5.41) is 6.76. The molecule has 0 aromatic heterocycles. The average molecular weight is 391 g/mol. The Morgan fingerprint density at radius 1 is 1.17 bits per heavy atom. The van der Waals surface area contributed by atoms with Crippen LogP contribution >= 0.6 is 0 Å². The van der Waals surface area contributed by atoms with Crippen LogP contribution in [0.1, 0.15) is 23.2 Å². The van der Waals surface area contributed by atoms with Gasteiger partial charge in [-0.1, -0.05) is 53.7 Å². The van der Waals surface area contributed by atoms with E-state index in [-0.39, 0.29) is 24.3 Å². The third-order valence-corrected chi connectivity index (χ3v) is 4.85. The first-order valence-corrected chi connectivity index (χ1v) is 9.55. The van der Waals surface area contributed by atoms with Gasteiger partial charge in [-0.25, -0.2) is 0 Å². The minimum absolute atomic E-state index is 0.118. The van der Waals surface area contributed by atoms with Crippen molar-refractivity contribution in [2.24, 2.45) is 5.16 Å². The van der Waals surface area contributed by atoms with Crippen LogP contribution in [0.5, 0.6) is 0 Å². The second-order valence-electron chi connectivity index (χ2n) is 6.87. The first kappa shape index (κ1) is 20.3. The van der Waals surface area contributed by atoms with Gasteiger partial charge in [0.05, 0.1) is 12.3 Å². The van der Waals surface area contributed by atoms with Crippen molar-refractivity contribution in [1.29, 1.82) is 0 Å². The third kappa shape index (κ3) is 5.10. The standard InChI is InChI=1S/C23H25N3O3/c1-3-13-24-22(27)15-21-14-20(25-29-2)16-26(21)23(28)19-11-9-18(10-12-19)17-7-5-4-6-8-17/h3-12,21H,1,13-16H2,2H3,(H,24,27)/t21-/m0/s1. The second kappa shape index (κ2) is 9.68. The Kier molecular flexibility index (Phi) is 6.79. The number of likely N-dealkylation sites (tertiary alicyclic amines) is 1. The Hall–Kier alpha value is -3.41. The molecular formula is C23H25N3O3. The second-order valence-corrected chi connectivity index (χ2v) is 6.87. The lowest BCUT2D eigenvalue weighted by Crippen LogP contribution is -2.39. The van der Waals surface area contributed by atoms with E-state index in [0.29, 0.717) is 25.1 Å². The van der Waals surface area contributed by atoms with E-state index in [9.17, 15) is 9.59 Å². The SMILES string of the molecule is C=CCNC(=O)C[C@@H]1CC(=NOC)CN1C(=O)c1ccc(-c2ccccc2)cc1. The molecule has 1 aliphatic rings. The first-order chi connectivity index (χ1) is 14.1. The summed E-state index contributed by atoms with van der Waals surface area (Å²) in [6, 6.07) is 17.3. The fourth-order valence-corrected chi connectivity index (χ4v) is 3.46. The van der Waals surface area contributed by atoms with Crippen molar-refractivity contribution in [1.82, 2.24) is 10.2 Å². The highest BCUT2D eigenvalue weighted by atomic mass is 16.6. The van der Waals surface area contributed by atoms with E-state index in [1.165, 1.54) is 7.11 Å². The summed E-state index contributed by atoms with van der Waals surface area (Å²) in [6.07, 6.45) is 2.36. The van der Waals surface area contributed by atoms with E-state index in [1.807, 2.05) is 54.6 Å². The highest BCUT2D eigenvalue weighted by Crippen LogP contribution is 2.24. The number of amides is 2. The number of carbonyl (C=O) groups excluding carboxylic acids is 2. The van der Waals surface area contributed by atoms with Crippen molar-refractivity contribution < 1.29 is 14.4 Å². The van der Waals surface area contributed by atoms with Gasteiger partial charge in [0.2, 0.25) is 5.91 Å². The molecule has 0 radical (unpaired) electrons. The summed E-state index contributed by atoms with van der Waals surface area (Å²) in [4.78, 5) is 31.9. The van der Waals surface area contributed by atoms with Gasteiger partial charge in [-0.2, -0.15) is 0 Å². The molecule has 0 unspecified atom stereocenters. The number of rotatable bonds is 7. The predicted octanol–water partition coefficient (Wildman–Crippen LogP) is 3.26. The van der Waals surface area contributed by atoms with Gasteiger partial charge >= 0.3 is 0 Å². The van der Waals surface area contributed by atoms with E-state index >= 15 is 0 Å². The van der Waals surface area contributed by atoms with Gasteiger partial charge in [-0.05, 0) is 23.3 Å². The molecule has 2 aromatic carbocycles. The van der Waals surface area contributed by atoms with Crippen molar-refractivity contribution in [2.45, 2.75) is 18.9 Å². The van der Waals surface area contributed by atoms with Crippen LogP contribution in [0.15, 0.2) is 72.4 Å². The van der Waals surface area contributed by atoms with Gasteiger partial charge < -0.3 is 15.1 Å². The highest BCUT2D eigenvalue weighted by molar-refractivity contribution is 6.01. The Bertz CT molecular complexity index is 891. The van der Waals surface area contributed by atoms with Gasteiger partial charge in [0.1, 0.15) is 7.11 Å². The summed E-state index contributed by atoms with van der Waals surface area (Å²) in [7, 11) is 1.48. The molecule has 0 spiro atoms. The van der Waals surface area contributed by atoms with Crippen molar-refractivity contribution in [2.75, 3.05) is 20.2 Å². The van der Waals surface area contributed by atoms with Crippen LogP contribution in [-0.2, 0) is 9.63 Å². The molecule has 2 aromatic rings. The molecule has 3 rings (SSSR count). The molecule has 150 valence electrons. The van der Waals surface area contributed by atoms with Crippen molar-refractivity contribution in [3.05, 3.63) is 72.8 Å². The van der Waals surface area contributed by atoms with E-state index in [4.69, 9.17) is 4.84 Å². The van der Waals surface area contributed by atoms with Gasteiger partial charge in [0.15, 0.2) is 0 Å². The molecule has 6 heteroatoms. The van der Waals surface area contributed by atoms with Gasteiger partial charge in [-0.15, -0.1) is 6.58 Å². The van der Waals surface area contributed by atoms with E-state index < -0.39 is 0 Å². The molecule has 1 aliphatic heterocycles. The fourth-order valence-electron chi connectivity index (χ4n) is 3.46. The number of benzene rings is 2. The van der Waals surface area contributed by atoms with Crippen molar-refractivity contribution in [3.63, 3.8) is 0 Å². The zero-order valence-electron chi connectivity index (χ0n) is 16.5. The third-order valence-electron chi connectivity index (χ3n) is 4.85. The molecular weight excluding hydrogens is 366 g/mol. The molecule has 0 saturated carbocycles. The molecule has 1 heterocycles. The zero-order valence-corrected chi connectivity index (χ0v) is 16.5. The lowest BCUT2D eigenvalue weighted by atomic mass is 10.0. The summed E-state index contributed by atoms with van der Waals surface area (Å²) in [5.74, 6) is -0.238. The molecule has 1 N–H and O–H groups in total. The topological polar surface area (TPSA) is 71.0 Å². The van der Waals surface area contributed by atoms with Gasteiger partial charge in [-0.3, -0.25) is 9.59 Å². The Morgan fingerprint density at radius 2 is 1.86 bits per heavy atom. The molecule has 2 amide bonds. The van der Waals surface area contributed by atoms with Crippen LogP contribution < -0.4 is 5.32 Å². The molecule has 6 nitrogen and oxygen atoms in total. The van der Waals surface area contributed by atoms with Crippen LogP contribution in [0.2, 0.25) is 0 Å². The lowest BCUT2D eigenvalue weighted by molar-refractivity contribution is -0.121. The Balaban J connectivity index is 1.76. The maximum absolute atomic E-state index is 13.1. The maximum atomic E-state index is 13.1. The predicted molar refractivity (Wildman–Crippen MR) is 114 cm³/mol. The van der Waals surface area contributed by atoms with Crippen molar-refractivity contribution >= 4 is 17.5 Å². The van der Waals surface area contributed by atoms with E-state index in [0.717, 1.165) is 16.8 Å². The molecule has 0 aliphatic carbocycles. The largest absolute Gasteiger partial charge is 0.399 e. The minimum Gasteiger partial charge on any atom is -0.399 e. The average Bonchev–Trinajstić information content (AvgIpc) is 3.15. The number of nitrogens with one attached hydrogen (secondary N) is 1. The normalized spacial score (nSPS) is 17.2. The number of oxime groups is 1. The van der Waals surface area contributed by atoms with Gasteiger partial charge in [0, 0.05) is 31.0 Å². The summed E-state index contributed by atoms with van der Waals surface area (Å²) < 4.78 is 0. The van der Waals surface area contributed by atoms with Crippen LogP contribution in [0.3, 0.4) is 0 Å². The zero-order chi connectivity index (χ0) is 20.6. The number of hydrogen-bond donors (Lipinski definition) is 1. The number of carbonyl (C=O) groups is 2. The van der Waals surface area contributed by atoms with Crippen molar-refractivity contribution in [3.8, 4) is 11.1 Å². The number of nitrogens with zero attached hydrogens (tertiary/aromatic N) is 2. The molecule has 1 saturated heterocycles. The van der Waals surface area contributed by atoms with Crippen LogP contribution in [-0.4, -0.2) is 48.7 Å². The first-order valence-electron chi connectivity index (χ1n) is 9.55. The Morgan fingerprint density at radius 3 is 2.52 bits per heavy atom. The molecule has 1 atom stereocenters. The van der Waals surface area contributed by atoms with Crippen LogP contribution in [0.4, 0.5) is 0 Å². The molecule has 0 bridgehead atoms. The fraction of sp³-hybridized carbons (Fsp3) is 0.261. The van der Waals surface area contributed by atoms with E-state index in [1.54, 1.807) is 11.0 Å². The van der Waals surface area contributed by atoms with Crippen LogP contribution in [0, 0.1) is 0 Å². The van der Waals surface area contributed by atoms with Crippen LogP contribution in [0.25, 0.3) is 11.1 Å². The molecule has 29 heavy (non-hydrogen) atoms. The van der Waals surface area contributed by atoms with E-state index in [2.05, 4.69) is 17.1 Å². The summed E-state index contributed by atoms with van der Waals surface area (Å²) >= 11 is 0. The highest BCUT2D eigenvalue weighted by Gasteiger charge is 2.35. The smallest absolute Gasteiger partial charge is 0.254 e.